The molecule has 0 saturated carbocycles. The van der Waals surface area contributed by atoms with Gasteiger partial charge in [-0.15, -0.1) is 0 Å². The van der Waals surface area contributed by atoms with Gasteiger partial charge in [0, 0.05) is 36.0 Å². The lowest BCUT2D eigenvalue weighted by Crippen LogP contribution is -2.33. The van der Waals surface area contributed by atoms with Crippen LogP contribution in [0.5, 0.6) is 0 Å². The summed E-state index contributed by atoms with van der Waals surface area (Å²) in [6, 6.07) is 9.90. The molecule has 0 radical (unpaired) electrons. The summed E-state index contributed by atoms with van der Waals surface area (Å²) < 4.78 is 0. The standard InChI is InChI=1S/C15H20N2O2S/c1-20-10-13(6-7-18)16-9-12-8-11-4-2-3-5-14(11)17-15(12)19/h2-5,8,13,16,18H,6-7,9-10H2,1H3,(H,17,19). The quantitative estimate of drug-likeness (QED) is 0.727. The van der Waals surface area contributed by atoms with Crippen molar-refractivity contribution in [1.82, 2.24) is 10.3 Å². The lowest BCUT2D eigenvalue weighted by atomic mass is 10.1. The minimum absolute atomic E-state index is 0.0527. The Bertz CT molecular complexity index is 606. The summed E-state index contributed by atoms with van der Waals surface area (Å²) in [4.78, 5) is 14.9. The minimum atomic E-state index is -0.0527. The molecule has 0 bridgehead atoms. The summed E-state index contributed by atoms with van der Waals surface area (Å²) in [5, 5.41) is 13.4. The first kappa shape index (κ1) is 15.1. The number of aliphatic hydroxyl groups excluding tert-OH is 1. The van der Waals surface area contributed by atoms with Crippen molar-refractivity contribution in [2.24, 2.45) is 0 Å². The molecule has 1 unspecified atom stereocenters. The highest BCUT2D eigenvalue weighted by atomic mass is 32.2. The number of fused-ring (bicyclic) bond motifs is 1. The normalized spacial score (nSPS) is 12.7. The third-order valence-corrected chi connectivity index (χ3v) is 3.99. The molecule has 0 saturated heterocycles. The van der Waals surface area contributed by atoms with Crippen molar-refractivity contribution in [3.63, 3.8) is 0 Å². The molecule has 20 heavy (non-hydrogen) atoms. The molecule has 3 N–H and O–H groups in total. The number of hydrogen-bond acceptors (Lipinski definition) is 4. The molecule has 0 fully saturated rings. The van der Waals surface area contributed by atoms with Gasteiger partial charge >= 0.3 is 0 Å². The Morgan fingerprint density at radius 2 is 2.20 bits per heavy atom. The van der Waals surface area contributed by atoms with Crippen molar-refractivity contribution in [3.8, 4) is 0 Å². The van der Waals surface area contributed by atoms with Crippen LogP contribution in [0.3, 0.4) is 0 Å². The van der Waals surface area contributed by atoms with Gasteiger partial charge in [-0.05, 0) is 30.2 Å². The molecule has 108 valence electrons. The van der Waals surface area contributed by atoms with E-state index in [0.29, 0.717) is 13.0 Å². The fourth-order valence-corrected chi connectivity index (χ4v) is 2.87. The van der Waals surface area contributed by atoms with Gasteiger partial charge in [0.05, 0.1) is 0 Å². The van der Waals surface area contributed by atoms with Crippen LogP contribution in [0.25, 0.3) is 10.9 Å². The van der Waals surface area contributed by atoms with Crippen LogP contribution < -0.4 is 10.9 Å². The second kappa shape index (κ2) is 7.47. The van der Waals surface area contributed by atoms with E-state index in [2.05, 4.69) is 10.3 Å². The van der Waals surface area contributed by atoms with Crippen LogP contribution in [-0.2, 0) is 6.54 Å². The van der Waals surface area contributed by atoms with Crippen LogP contribution in [0.4, 0.5) is 0 Å². The lowest BCUT2D eigenvalue weighted by Gasteiger charge is -2.16. The zero-order valence-corrected chi connectivity index (χ0v) is 12.4. The minimum Gasteiger partial charge on any atom is -0.396 e. The maximum absolute atomic E-state index is 12.0. The highest BCUT2D eigenvalue weighted by Gasteiger charge is 2.09. The number of benzene rings is 1. The zero-order chi connectivity index (χ0) is 14.4. The summed E-state index contributed by atoms with van der Waals surface area (Å²) in [5.41, 5.74) is 1.54. The molecule has 0 spiro atoms. The maximum atomic E-state index is 12.0. The third-order valence-electron chi connectivity index (χ3n) is 3.26. The average molecular weight is 292 g/mol. The van der Waals surface area contributed by atoms with Crippen LogP contribution in [0.2, 0.25) is 0 Å². The van der Waals surface area contributed by atoms with Gasteiger partial charge in [0.1, 0.15) is 0 Å². The van der Waals surface area contributed by atoms with Crippen molar-refractivity contribution in [1.29, 1.82) is 0 Å². The SMILES string of the molecule is CSCC(CCO)NCc1cc2ccccc2[nH]c1=O. The fourth-order valence-electron chi connectivity index (χ4n) is 2.18. The van der Waals surface area contributed by atoms with Crippen LogP contribution in [0.1, 0.15) is 12.0 Å². The van der Waals surface area contributed by atoms with E-state index < -0.39 is 0 Å². The molecular weight excluding hydrogens is 272 g/mol. The molecule has 0 aliphatic rings. The van der Waals surface area contributed by atoms with E-state index in [1.165, 1.54) is 0 Å². The summed E-state index contributed by atoms with van der Waals surface area (Å²) in [6.45, 7) is 0.678. The van der Waals surface area contributed by atoms with Crippen LogP contribution in [-0.4, -0.2) is 34.7 Å². The Morgan fingerprint density at radius 1 is 1.40 bits per heavy atom. The van der Waals surface area contributed by atoms with Gasteiger partial charge in [0.25, 0.3) is 5.56 Å². The van der Waals surface area contributed by atoms with Crippen LogP contribution in [0.15, 0.2) is 35.1 Å². The van der Waals surface area contributed by atoms with E-state index in [9.17, 15) is 4.79 Å². The topological polar surface area (TPSA) is 65.1 Å². The first-order chi connectivity index (χ1) is 9.74. The molecule has 1 heterocycles. The Labute approximate surface area is 122 Å². The van der Waals surface area contributed by atoms with Gasteiger partial charge < -0.3 is 15.4 Å². The molecule has 1 atom stereocenters. The average Bonchev–Trinajstić information content (AvgIpc) is 2.45. The predicted octanol–water partition coefficient (Wildman–Crippen LogP) is 1.73. The number of thioether (sulfide) groups is 1. The van der Waals surface area contributed by atoms with Crippen molar-refractivity contribution in [2.75, 3.05) is 18.6 Å². The Morgan fingerprint density at radius 3 is 2.95 bits per heavy atom. The van der Waals surface area contributed by atoms with E-state index >= 15 is 0 Å². The molecule has 0 aliphatic heterocycles. The van der Waals surface area contributed by atoms with E-state index in [0.717, 1.165) is 22.2 Å². The second-order valence-electron chi connectivity index (χ2n) is 4.76. The number of para-hydroxylation sites is 1. The number of aromatic nitrogens is 1. The number of pyridine rings is 1. The molecule has 2 rings (SSSR count). The summed E-state index contributed by atoms with van der Waals surface area (Å²) in [6.07, 6.45) is 2.74. The first-order valence-corrected chi connectivity index (χ1v) is 8.08. The second-order valence-corrected chi connectivity index (χ2v) is 5.67. The molecular formula is C15H20N2O2S. The number of hydrogen-bond donors (Lipinski definition) is 3. The highest BCUT2D eigenvalue weighted by Crippen LogP contribution is 2.10. The molecule has 2 aromatic rings. The number of aliphatic hydroxyl groups is 1. The molecule has 0 aliphatic carbocycles. The van der Waals surface area contributed by atoms with E-state index in [1.54, 1.807) is 11.8 Å². The lowest BCUT2D eigenvalue weighted by molar-refractivity contribution is 0.269. The number of nitrogens with one attached hydrogen (secondary N) is 2. The third kappa shape index (κ3) is 3.85. The van der Waals surface area contributed by atoms with Crippen molar-refractivity contribution in [3.05, 3.63) is 46.2 Å². The van der Waals surface area contributed by atoms with Crippen molar-refractivity contribution >= 4 is 22.7 Å². The van der Waals surface area contributed by atoms with Gasteiger partial charge in [-0.25, -0.2) is 0 Å². The molecule has 4 nitrogen and oxygen atoms in total. The first-order valence-electron chi connectivity index (χ1n) is 6.68. The smallest absolute Gasteiger partial charge is 0.252 e. The van der Waals surface area contributed by atoms with E-state index in [1.807, 2.05) is 36.6 Å². The fraction of sp³-hybridized carbons (Fsp3) is 0.400. The summed E-state index contributed by atoms with van der Waals surface area (Å²) >= 11 is 1.73. The summed E-state index contributed by atoms with van der Waals surface area (Å²) in [5.74, 6) is 0.923. The molecule has 0 amide bonds. The maximum Gasteiger partial charge on any atom is 0.252 e. The van der Waals surface area contributed by atoms with Gasteiger partial charge in [-0.2, -0.15) is 11.8 Å². The van der Waals surface area contributed by atoms with Gasteiger partial charge in [-0.3, -0.25) is 4.79 Å². The Kier molecular flexibility index (Phi) is 5.64. The number of H-pyrrole nitrogens is 1. The van der Waals surface area contributed by atoms with Crippen LogP contribution >= 0.6 is 11.8 Å². The van der Waals surface area contributed by atoms with Crippen LogP contribution in [0, 0.1) is 0 Å². The Hall–Kier alpha value is -1.30. The Balaban J connectivity index is 2.12. The predicted molar refractivity (Wildman–Crippen MR) is 85.3 cm³/mol. The van der Waals surface area contributed by atoms with Crippen molar-refractivity contribution < 1.29 is 5.11 Å². The van der Waals surface area contributed by atoms with E-state index in [-0.39, 0.29) is 18.2 Å². The summed E-state index contributed by atoms with van der Waals surface area (Å²) in [7, 11) is 0. The van der Waals surface area contributed by atoms with Crippen molar-refractivity contribution in [2.45, 2.75) is 19.0 Å². The number of aromatic amines is 1. The highest BCUT2D eigenvalue weighted by molar-refractivity contribution is 7.98. The largest absolute Gasteiger partial charge is 0.396 e. The van der Waals surface area contributed by atoms with Gasteiger partial charge in [0.15, 0.2) is 0 Å². The number of rotatable bonds is 7. The molecule has 1 aromatic carbocycles. The monoisotopic (exact) mass is 292 g/mol. The van der Waals surface area contributed by atoms with Gasteiger partial charge in [-0.1, -0.05) is 18.2 Å². The van der Waals surface area contributed by atoms with Gasteiger partial charge in [0.2, 0.25) is 0 Å². The molecule has 5 heteroatoms. The van der Waals surface area contributed by atoms with E-state index in [4.69, 9.17) is 5.11 Å². The zero-order valence-electron chi connectivity index (χ0n) is 11.6. The molecule has 1 aromatic heterocycles.